The van der Waals surface area contributed by atoms with Gasteiger partial charge in [0.15, 0.2) is 9.99 Å². The molecule has 0 amide bonds. The van der Waals surface area contributed by atoms with Gasteiger partial charge in [0.2, 0.25) is 0 Å². The van der Waals surface area contributed by atoms with Gasteiger partial charge in [0, 0.05) is 12.0 Å². The lowest BCUT2D eigenvalue weighted by Crippen LogP contribution is -2.11. The molecular weight excluding hydrogens is 312 g/mol. The molecule has 4 nitrogen and oxygen atoms in total. The summed E-state index contributed by atoms with van der Waals surface area (Å²) in [5, 5.41) is 3.65. The van der Waals surface area contributed by atoms with Crippen LogP contribution in [0.4, 0.5) is 5.82 Å². The van der Waals surface area contributed by atoms with Crippen LogP contribution in [0.3, 0.4) is 0 Å². The third kappa shape index (κ3) is 1.80. The second-order valence-corrected chi connectivity index (χ2v) is 7.87. The minimum absolute atomic E-state index is 0.507. The summed E-state index contributed by atoms with van der Waals surface area (Å²) in [7, 11) is 0. The Hall–Kier alpha value is -1.66. The van der Waals surface area contributed by atoms with Crippen molar-refractivity contribution in [1.29, 1.82) is 0 Å². The predicted molar refractivity (Wildman–Crippen MR) is 90.8 cm³/mol. The summed E-state index contributed by atoms with van der Waals surface area (Å²) in [4.78, 5) is 13.3. The Morgan fingerprint density at radius 2 is 2.18 bits per heavy atom. The van der Waals surface area contributed by atoms with Crippen LogP contribution < -0.4 is 5.32 Å². The lowest BCUT2D eigenvalue weighted by Gasteiger charge is -2.10. The second kappa shape index (κ2) is 4.67. The van der Waals surface area contributed by atoms with Crippen LogP contribution in [0, 0.1) is 5.92 Å². The van der Waals surface area contributed by atoms with Crippen molar-refractivity contribution in [2.75, 3.05) is 11.6 Å². The minimum atomic E-state index is 0.507. The van der Waals surface area contributed by atoms with Crippen LogP contribution in [0.25, 0.3) is 10.3 Å². The first-order valence-corrected chi connectivity index (χ1v) is 9.39. The number of nitrogens with one attached hydrogen (secondary N) is 1. The maximum atomic E-state index is 4.52. The van der Waals surface area contributed by atoms with Crippen LogP contribution >= 0.6 is 23.1 Å². The van der Waals surface area contributed by atoms with E-state index in [9.17, 15) is 0 Å². The molecule has 1 saturated carbocycles. The van der Waals surface area contributed by atoms with Gasteiger partial charge in [-0.05, 0) is 29.7 Å². The summed E-state index contributed by atoms with van der Waals surface area (Å²) in [5.41, 5.74) is 3.84. The number of aromatic nitrogens is 3. The number of rotatable bonds is 3. The van der Waals surface area contributed by atoms with Crippen molar-refractivity contribution < 1.29 is 0 Å². The van der Waals surface area contributed by atoms with E-state index in [0.29, 0.717) is 12.0 Å². The van der Waals surface area contributed by atoms with Gasteiger partial charge in [0.05, 0.1) is 0 Å². The van der Waals surface area contributed by atoms with Gasteiger partial charge in [-0.2, -0.15) is 0 Å². The molecule has 5 rings (SSSR count). The molecule has 0 radical (unpaired) electrons. The van der Waals surface area contributed by atoms with Crippen LogP contribution in [0.5, 0.6) is 0 Å². The zero-order chi connectivity index (χ0) is 14.7. The van der Waals surface area contributed by atoms with E-state index in [2.05, 4.69) is 44.5 Å². The SMILES string of the molecule is CSc1nc2ncnc(NC3C4Cc5ccccc5C43)c2s1. The maximum Gasteiger partial charge on any atom is 0.176 e. The topological polar surface area (TPSA) is 50.7 Å². The molecule has 110 valence electrons. The van der Waals surface area contributed by atoms with Crippen molar-refractivity contribution >= 4 is 39.3 Å². The Labute approximate surface area is 136 Å². The minimum Gasteiger partial charge on any atom is -0.365 e. The highest BCUT2D eigenvalue weighted by atomic mass is 32.2. The number of thiazole rings is 1. The Morgan fingerprint density at radius 3 is 3.09 bits per heavy atom. The normalized spacial score (nSPS) is 25.0. The molecular formula is C16H14N4S2. The second-order valence-electron chi connectivity index (χ2n) is 5.82. The number of hydrogen-bond acceptors (Lipinski definition) is 6. The van der Waals surface area contributed by atoms with Crippen molar-refractivity contribution in [2.24, 2.45) is 5.92 Å². The molecule has 22 heavy (non-hydrogen) atoms. The zero-order valence-corrected chi connectivity index (χ0v) is 13.6. The first-order chi connectivity index (χ1) is 10.8. The molecule has 2 heterocycles. The predicted octanol–water partition coefficient (Wildman–Crippen LogP) is 3.56. The lowest BCUT2D eigenvalue weighted by atomic mass is 10.1. The number of benzene rings is 1. The molecule has 2 aliphatic rings. The Bertz CT molecular complexity index is 875. The summed E-state index contributed by atoms with van der Waals surface area (Å²) < 4.78 is 2.12. The summed E-state index contributed by atoms with van der Waals surface area (Å²) in [6.07, 6.45) is 4.84. The van der Waals surface area contributed by atoms with E-state index in [1.165, 1.54) is 17.5 Å². The van der Waals surface area contributed by atoms with Crippen molar-refractivity contribution in [3.8, 4) is 0 Å². The Morgan fingerprint density at radius 1 is 1.27 bits per heavy atom. The Kier molecular flexibility index (Phi) is 2.72. The summed E-state index contributed by atoms with van der Waals surface area (Å²) >= 11 is 3.33. The molecule has 0 bridgehead atoms. The fourth-order valence-electron chi connectivity index (χ4n) is 3.63. The van der Waals surface area contributed by atoms with Gasteiger partial charge < -0.3 is 5.32 Å². The standard InChI is InChI=1S/C16H14N4S2/c1-21-16-20-15-13(22-16)14(17-7-18-15)19-12-10-6-8-4-2-3-5-9(8)11(10)12/h2-5,7,10-12H,6H2,1H3,(H,17,18,19). The van der Waals surface area contributed by atoms with Crippen LogP contribution in [-0.4, -0.2) is 27.2 Å². The van der Waals surface area contributed by atoms with E-state index in [0.717, 1.165) is 26.4 Å². The van der Waals surface area contributed by atoms with Gasteiger partial charge >= 0.3 is 0 Å². The number of thioether (sulfide) groups is 1. The Balaban J connectivity index is 1.46. The third-order valence-corrected chi connectivity index (χ3v) is 6.72. The highest BCUT2D eigenvalue weighted by Crippen LogP contribution is 2.57. The van der Waals surface area contributed by atoms with Gasteiger partial charge in [-0.25, -0.2) is 15.0 Å². The van der Waals surface area contributed by atoms with E-state index in [4.69, 9.17) is 0 Å². The van der Waals surface area contributed by atoms with Crippen molar-refractivity contribution in [2.45, 2.75) is 22.7 Å². The van der Waals surface area contributed by atoms with Gasteiger partial charge in [-0.3, -0.25) is 0 Å². The first kappa shape index (κ1) is 12.8. The summed E-state index contributed by atoms with van der Waals surface area (Å²) in [5.74, 6) is 2.31. The molecule has 0 aliphatic heterocycles. The third-order valence-electron chi connectivity index (χ3n) is 4.69. The van der Waals surface area contributed by atoms with E-state index in [1.807, 2.05) is 6.26 Å². The van der Waals surface area contributed by atoms with E-state index in [-0.39, 0.29) is 0 Å². The smallest absolute Gasteiger partial charge is 0.176 e. The zero-order valence-electron chi connectivity index (χ0n) is 12.0. The first-order valence-electron chi connectivity index (χ1n) is 7.35. The number of nitrogens with zero attached hydrogens (tertiary/aromatic N) is 3. The molecule has 1 fully saturated rings. The maximum absolute atomic E-state index is 4.52. The van der Waals surface area contributed by atoms with Crippen molar-refractivity contribution in [3.05, 3.63) is 41.7 Å². The number of hydrogen-bond donors (Lipinski definition) is 1. The largest absolute Gasteiger partial charge is 0.365 e. The van der Waals surface area contributed by atoms with Crippen molar-refractivity contribution in [3.63, 3.8) is 0 Å². The van der Waals surface area contributed by atoms with Gasteiger partial charge in [-0.15, -0.1) is 11.3 Å². The molecule has 0 saturated heterocycles. The average Bonchev–Trinajstić information content (AvgIpc) is 2.92. The average molecular weight is 326 g/mol. The number of anilines is 1. The van der Waals surface area contributed by atoms with Crippen LogP contribution in [0.1, 0.15) is 17.0 Å². The number of fused-ring (bicyclic) bond motifs is 4. The molecule has 0 spiro atoms. The highest BCUT2D eigenvalue weighted by molar-refractivity contribution is 8.00. The van der Waals surface area contributed by atoms with E-state index >= 15 is 0 Å². The molecule has 3 unspecified atom stereocenters. The quantitative estimate of drug-likeness (QED) is 0.746. The monoisotopic (exact) mass is 326 g/mol. The summed E-state index contributed by atoms with van der Waals surface area (Å²) in [6, 6.07) is 9.33. The van der Waals surface area contributed by atoms with Crippen molar-refractivity contribution in [1.82, 2.24) is 15.0 Å². The van der Waals surface area contributed by atoms with Gasteiger partial charge in [-0.1, -0.05) is 36.0 Å². The molecule has 6 heteroatoms. The molecule has 1 aromatic carbocycles. The van der Waals surface area contributed by atoms with Gasteiger partial charge in [0.25, 0.3) is 0 Å². The molecule has 1 N–H and O–H groups in total. The van der Waals surface area contributed by atoms with Crippen LogP contribution in [0.2, 0.25) is 0 Å². The molecule has 2 aliphatic carbocycles. The van der Waals surface area contributed by atoms with Crippen LogP contribution in [0.15, 0.2) is 34.9 Å². The lowest BCUT2D eigenvalue weighted by molar-refractivity contribution is 0.822. The van der Waals surface area contributed by atoms with Crippen LogP contribution in [-0.2, 0) is 6.42 Å². The fraction of sp³-hybridized carbons (Fsp3) is 0.312. The van der Waals surface area contributed by atoms with Gasteiger partial charge in [0.1, 0.15) is 16.8 Å². The molecule has 3 atom stereocenters. The summed E-state index contributed by atoms with van der Waals surface area (Å²) in [6.45, 7) is 0. The van der Waals surface area contributed by atoms with E-state index in [1.54, 1.807) is 29.4 Å². The highest BCUT2D eigenvalue weighted by Gasteiger charge is 2.55. The fourth-order valence-corrected chi connectivity index (χ4v) is 5.10. The molecule has 3 aromatic rings. The van der Waals surface area contributed by atoms with E-state index < -0.39 is 0 Å². The molecule has 2 aromatic heterocycles.